The van der Waals surface area contributed by atoms with Crippen molar-refractivity contribution in [3.05, 3.63) is 59.2 Å². The molecule has 2 aromatic carbocycles. The van der Waals surface area contributed by atoms with Crippen LogP contribution in [0, 0.1) is 0 Å². The molecule has 0 aromatic heterocycles. The minimum Gasteiger partial charge on any atom is -0.507 e. The highest BCUT2D eigenvalue weighted by atomic mass is 32.2. The molecule has 4 nitrogen and oxygen atoms in total. The van der Waals surface area contributed by atoms with E-state index in [1.54, 1.807) is 30.3 Å². The van der Waals surface area contributed by atoms with Crippen molar-refractivity contribution in [3.8, 4) is 5.75 Å². The van der Waals surface area contributed by atoms with Crippen molar-refractivity contribution in [2.75, 3.05) is 0 Å². The molecule has 26 heavy (non-hydrogen) atoms. The summed E-state index contributed by atoms with van der Waals surface area (Å²) in [4.78, 5) is 0.155. The zero-order chi connectivity index (χ0) is 19.8. The van der Waals surface area contributed by atoms with Crippen LogP contribution in [0.2, 0.25) is 0 Å². The molecule has 0 heterocycles. The Kier molecular flexibility index (Phi) is 5.34. The molecule has 0 unspecified atom stereocenters. The normalized spacial score (nSPS) is 13.3. The molecular formula is C21H27NO3S. The summed E-state index contributed by atoms with van der Waals surface area (Å²) in [5.74, 6) is 0.257. The lowest BCUT2D eigenvalue weighted by atomic mass is 9.78. The predicted molar refractivity (Wildman–Crippen MR) is 107 cm³/mol. The molecule has 0 aliphatic rings. The van der Waals surface area contributed by atoms with Gasteiger partial charge in [-0.05, 0) is 40.7 Å². The first-order valence-electron chi connectivity index (χ1n) is 8.56. The fourth-order valence-corrected chi connectivity index (χ4v) is 3.54. The average Bonchev–Trinajstić information content (AvgIpc) is 2.52. The first-order valence-corrected chi connectivity index (χ1v) is 10.00. The summed E-state index contributed by atoms with van der Waals surface area (Å²) < 4.78 is 28.6. The van der Waals surface area contributed by atoms with Crippen LogP contribution in [0.25, 0.3) is 0 Å². The molecule has 1 N–H and O–H groups in total. The fourth-order valence-electron chi connectivity index (χ4n) is 2.66. The summed E-state index contributed by atoms with van der Waals surface area (Å²) >= 11 is 0. The average molecular weight is 374 g/mol. The smallest absolute Gasteiger partial charge is 0.282 e. The largest absolute Gasteiger partial charge is 0.507 e. The van der Waals surface area contributed by atoms with Gasteiger partial charge in [-0.1, -0.05) is 59.7 Å². The topological polar surface area (TPSA) is 66.7 Å². The van der Waals surface area contributed by atoms with Crippen molar-refractivity contribution >= 4 is 16.2 Å². The summed E-state index contributed by atoms with van der Waals surface area (Å²) in [6, 6.07) is 11.7. The molecule has 0 fully saturated rings. The zero-order valence-corrected chi connectivity index (χ0v) is 17.1. The lowest BCUT2D eigenvalue weighted by Crippen LogP contribution is -2.18. The lowest BCUT2D eigenvalue weighted by molar-refractivity contribution is 0.423. The second-order valence-corrected chi connectivity index (χ2v) is 10.1. The summed E-state index contributed by atoms with van der Waals surface area (Å²) in [6.45, 7) is 12.1. The van der Waals surface area contributed by atoms with Gasteiger partial charge in [0.05, 0.1) is 4.90 Å². The molecule has 2 rings (SSSR count). The molecule has 0 saturated heterocycles. The van der Waals surface area contributed by atoms with E-state index >= 15 is 0 Å². The van der Waals surface area contributed by atoms with Crippen molar-refractivity contribution in [2.45, 2.75) is 57.3 Å². The maximum Gasteiger partial charge on any atom is 0.282 e. The molecular weight excluding hydrogens is 346 g/mol. The minimum atomic E-state index is -3.76. The molecule has 0 bridgehead atoms. The standard InChI is InChI=1S/C21H27NO3S/c1-20(2,3)17-12-15(13-18(19(17)23)21(4,5)6)14-22-26(24,25)16-10-8-7-9-11-16/h7-14,23H,1-6H3/b22-14-. The van der Waals surface area contributed by atoms with Crippen LogP contribution >= 0.6 is 0 Å². The van der Waals surface area contributed by atoms with Gasteiger partial charge in [-0.15, -0.1) is 0 Å². The van der Waals surface area contributed by atoms with Gasteiger partial charge in [0, 0.05) is 17.3 Å². The van der Waals surface area contributed by atoms with Gasteiger partial charge in [0.25, 0.3) is 10.0 Å². The Bertz CT molecular complexity index is 881. The molecule has 2 aromatic rings. The van der Waals surface area contributed by atoms with Crippen LogP contribution < -0.4 is 0 Å². The van der Waals surface area contributed by atoms with E-state index in [-0.39, 0.29) is 21.5 Å². The molecule has 0 aliphatic heterocycles. The summed E-state index contributed by atoms with van der Waals surface area (Å²) in [6.07, 6.45) is 1.35. The van der Waals surface area contributed by atoms with Crippen molar-refractivity contribution < 1.29 is 13.5 Å². The quantitative estimate of drug-likeness (QED) is 0.786. The zero-order valence-electron chi connectivity index (χ0n) is 16.2. The number of hydrogen-bond donors (Lipinski definition) is 1. The lowest BCUT2D eigenvalue weighted by Gasteiger charge is -2.27. The SMILES string of the molecule is CC(C)(C)c1cc(/C=N\S(=O)(=O)c2ccccc2)cc(C(C)(C)C)c1O. The van der Waals surface area contributed by atoms with Crippen LogP contribution in [-0.2, 0) is 20.9 Å². The molecule has 5 heteroatoms. The van der Waals surface area contributed by atoms with E-state index in [0.717, 1.165) is 11.1 Å². The van der Waals surface area contributed by atoms with Gasteiger partial charge in [0.1, 0.15) is 5.75 Å². The van der Waals surface area contributed by atoms with E-state index in [1.807, 2.05) is 41.5 Å². The van der Waals surface area contributed by atoms with Crippen LogP contribution in [0.3, 0.4) is 0 Å². The number of rotatable bonds is 3. The minimum absolute atomic E-state index is 0.155. The fraction of sp³-hybridized carbons (Fsp3) is 0.381. The molecule has 0 saturated carbocycles. The Morgan fingerprint density at radius 1 is 0.885 bits per heavy atom. The van der Waals surface area contributed by atoms with Crippen LogP contribution in [0.4, 0.5) is 0 Å². The van der Waals surface area contributed by atoms with Crippen molar-refractivity contribution in [1.82, 2.24) is 0 Å². The Labute approximate surface area is 156 Å². The molecule has 0 aliphatic carbocycles. The van der Waals surface area contributed by atoms with Crippen LogP contribution in [0.15, 0.2) is 51.8 Å². The van der Waals surface area contributed by atoms with Gasteiger partial charge >= 0.3 is 0 Å². The third kappa shape index (κ3) is 4.52. The van der Waals surface area contributed by atoms with E-state index in [0.29, 0.717) is 5.56 Å². The van der Waals surface area contributed by atoms with Gasteiger partial charge in [-0.2, -0.15) is 12.8 Å². The maximum absolute atomic E-state index is 12.4. The molecule has 0 atom stereocenters. The monoisotopic (exact) mass is 373 g/mol. The maximum atomic E-state index is 12.4. The molecule has 0 amide bonds. The van der Waals surface area contributed by atoms with Gasteiger partial charge in [-0.25, -0.2) is 0 Å². The van der Waals surface area contributed by atoms with E-state index in [9.17, 15) is 13.5 Å². The second kappa shape index (κ2) is 6.88. The van der Waals surface area contributed by atoms with Gasteiger partial charge in [0.2, 0.25) is 0 Å². The Morgan fingerprint density at radius 3 is 1.77 bits per heavy atom. The number of hydrogen-bond acceptors (Lipinski definition) is 3. The number of nitrogens with zero attached hydrogens (tertiary/aromatic N) is 1. The number of aromatic hydroxyl groups is 1. The number of sulfonamides is 1. The Balaban J connectivity index is 2.57. The van der Waals surface area contributed by atoms with E-state index < -0.39 is 10.0 Å². The van der Waals surface area contributed by atoms with E-state index in [4.69, 9.17) is 0 Å². The van der Waals surface area contributed by atoms with Gasteiger partial charge in [0.15, 0.2) is 0 Å². The number of phenols is 1. The first kappa shape index (κ1) is 20.2. The number of phenolic OH excluding ortho intramolecular Hbond substituents is 1. The van der Waals surface area contributed by atoms with E-state index in [2.05, 4.69) is 4.40 Å². The van der Waals surface area contributed by atoms with Crippen LogP contribution in [-0.4, -0.2) is 19.7 Å². The predicted octanol–water partition coefficient (Wildman–Crippen LogP) is 4.80. The van der Waals surface area contributed by atoms with Gasteiger partial charge < -0.3 is 5.11 Å². The summed E-state index contributed by atoms with van der Waals surface area (Å²) in [7, 11) is -3.76. The highest BCUT2D eigenvalue weighted by molar-refractivity contribution is 7.90. The van der Waals surface area contributed by atoms with E-state index in [1.165, 1.54) is 18.3 Å². The highest BCUT2D eigenvalue weighted by Crippen LogP contribution is 2.39. The van der Waals surface area contributed by atoms with Crippen molar-refractivity contribution in [2.24, 2.45) is 4.40 Å². The van der Waals surface area contributed by atoms with Crippen LogP contribution in [0.5, 0.6) is 5.75 Å². The summed E-state index contributed by atoms with van der Waals surface area (Å²) in [5, 5.41) is 10.7. The third-order valence-electron chi connectivity index (χ3n) is 4.13. The number of benzene rings is 2. The van der Waals surface area contributed by atoms with Crippen molar-refractivity contribution in [3.63, 3.8) is 0 Å². The molecule has 140 valence electrons. The first-order chi connectivity index (χ1) is 11.8. The Morgan fingerprint density at radius 2 is 1.35 bits per heavy atom. The van der Waals surface area contributed by atoms with Crippen molar-refractivity contribution in [1.29, 1.82) is 0 Å². The highest BCUT2D eigenvalue weighted by Gasteiger charge is 2.26. The summed E-state index contributed by atoms with van der Waals surface area (Å²) in [5.41, 5.74) is 1.61. The van der Waals surface area contributed by atoms with Crippen LogP contribution in [0.1, 0.15) is 58.2 Å². The second-order valence-electron chi connectivity index (χ2n) is 8.49. The molecule has 0 spiro atoms. The Hall–Kier alpha value is -2.14. The molecule has 0 radical (unpaired) electrons. The third-order valence-corrected chi connectivity index (χ3v) is 5.38. The van der Waals surface area contributed by atoms with Gasteiger partial charge in [-0.3, -0.25) is 0 Å².